The first-order chi connectivity index (χ1) is 24.4. The highest BCUT2D eigenvalue weighted by Gasteiger charge is 2.32. The topological polar surface area (TPSA) is 0 Å². The zero-order valence-corrected chi connectivity index (χ0v) is 29.8. The van der Waals surface area contributed by atoms with Gasteiger partial charge in [-0.05, 0) is 93.9 Å². The van der Waals surface area contributed by atoms with E-state index in [4.69, 9.17) is 0 Å². The molecule has 1 heteroatoms. The van der Waals surface area contributed by atoms with Crippen molar-refractivity contribution in [3.05, 3.63) is 170 Å². The Morgan fingerprint density at radius 1 is 0.400 bits per heavy atom. The summed E-state index contributed by atoms with van der Waals surface area (Å²) in [6.45, 7) is 11.3. The molecule has 9 rings (SSSR count). The fourth-order valence-electron chi connectivity index (χ4n) is 8.13. The molecule has 8 aromatic rings. The van der Waals surface area contributed by atoms with Crippen molar-refractivity contribution < 1.29 is 0 Å². The third kappa shape index (κ3) is 4.73. The largest absolute Gasteiger partial charge is 0.0985 e. The SMILES string of the molecule is C=Cc1ccc(-c2ccc3c4c(ccc(-c5cccc([Si](C)(C)C)c5)c24)-c2c-3c(-c3ccccc3)c3ccccc3c2-c2ccccc2)cc1. The van der Waals surface area contributed by atoms with E-state index in [0.29, 0.717) is 0 Å². The van der Waals surface area contributed by atoms with Gasteiger partial charge < -0.3 is 0 Å². The maximum Gasteiger partial charge on any atom is 0.0776 e. The Kier molecular flexibility index (Phi) is 7.08. The zero-order valence-electron chi connectivity index (χ0n) is 28.8. The highest BCUT2D eigenvalue weighted by molar-refractivity contribution is 6.88. The number of benzene rings is 8. The maximum atomic E-state index is 4.01. The number of fused-ring (bicyclic) bond motifs is 4. The predicted octanol–water partition coefficient (Wildman–Crippen LogP) is 13.5. The lowest BCUT2D eigenvalue weighted by atomic mass is 9.82. The highest BCUT2D eigenvalue weighted by atomic mass is 28.3. The summed E-state index contributed by atoms with van der Waals surface area (Å²) in [7, 11) is -1.54. The normalized spacial score (nSPS) is 12.0. The van der Waals surface area contributed by atoms with Crippen LogP contribution in [0.4, 0.5) is 0 Å². The molecule has 238 valence electrons. The molecule has 0 heterocycles. The van der Waals surface area contributed by atoms with Crippen LogP contribution < -0.4 is 5.19 Å². The van der Waals surface area contributed by atoms with E-state index in [9.17, 15) is 0 Å². The van der Waals surface area contributed by atoms with Crippen LogP contribution in [0.5, 0.6) is 0 Å². The van der Waals surface area contributed by atoms with Gasteiger partial charge in [-0.15, -0.1) is 0 Å². The van der Waals surface area contributed by atoms with Crippen molar-refractivity contribution in [2.45, 2.75) is 19.6 Å². The molecule has 8 aromatic carbocycles. The highest BCUT2D eigenvalue weighted by Crippen LogP contribution is 2.59. The molecule has 1 aliphatic rings. The van der Waals surface area contributed by atoms with Gasteiger partial charge in [0.1, 0.15) is 0 Å². The Morgan fingerprint density at radius 3 is 1.38 bits per heavy atom. The van der Waals surface area contributed by atoms with Crippen molar-refractivity contribution in [2.75, 3.05) is 0 Å². The maximum absolute atomic E-state index is 4.01. The van der Waals surface area contributed by atoms with Gasteiger partial charge >= 0.3 is 0 Å². The van der Waals surface area contributed by atoms with Crippen LogP contribution in [0.15, 0.2) is 164 Å². The summed E-state index contributed by atoms with van der Waals surface area (Å²) >= 11 is 0. The number of hydrogen-bond acceptors (Lipinski definition) is 0. The molecular weight excluding hydrogens is 617 g/mol. The summed E-state index contributed by atoms with van der Waals surface area (Å²) in [5.41, 5.74) is 16.5. The average molecular weight is 655 g/mol. The molecule has 1 aliphatic carbocycles. The fraction of sp³-hybridized carbons (Fsp3) is 0.0612. The number of hydrogen-bond donors (Lipinski definition) is 0. The van der Waals surface area contributed by atoms with Gasteiger partial charge in [0.15, 0.2) is 0 Å². The number of rotatable bonds is 6. The van der Waals surface area contributed by atoms with Gasteiger partial charge in [0.25, 0.3) is 0 Å². The van der Waals surface area contributed by atoms with Crippen LogP contribution in [0.1, 0.15) is 5.56 Å². The van der Waals surface area contributed by atoms with E-state index in [0.717, 1.165) is 5.56 Å². The van der Waals surface area contributed by atoms with E-state index in [1.54, 1.807) is 0 Å². The monoisotopic (exact) mass is 654 g/mol. The van der Waals surface area contributed by atoms with Crippen molar-refractivity contribution >= 4 is 40.9 Å². The minimum Gasteiger partial charge on any atom is -0.0985 e. The van der Waals surface area contributed by atoms with E-state index in [2.05, 4.69) is 184 Å². The molecule has 0 saturated carbocycles. The van der Waals surface area contributed by atoms with Crippen LogP contribution in [0.3, 0.4) is 0 Å². The summed E-state index contributed by atoms with van der Waals surface area (Å²) in [6.07, 6.45) is 1.92. The van der Waals surface area contributed by atoms with E-state index in [1.807, 2.05) is 6.08 Å². The molecule has 0 fully saturated rings. The molecule has 0 nitrogen and oxygen atoms in total. The Balaban J connectivity index is 1.47. The molecule has 0 saturated heterocycles. The van der Waals surface area contributed by atoms with Gasteiger partial charge in [-0.25, -0.2) is 0 Å². The molecule has 0 aliphatic heterocycles. The van der Waals surface area contributed by atoms with Crippen molar-refractivity contribution in [3.8, 4) is 66.8 Å². The van der Waals surface area contributed by atoms with Crippen molar-refractivity contribution in [1.29, 1.82) is 0 Å². The van der Waals surface area contributed by atoms with Gasteiger partial charge in [-0.1, -0.05) is 195 Å². The quantitative estimate of drug-likeness (QED) is 0.157. The van der Waals surface area contributed by atoms with Gasteiger partial charge in [-0.3, -0.25) is 0 Å². The second-order valence-electron chi connectivity index (χ2n) is 14.5. The zero-order chi connectivity index (χ0) is 34.0. The van der Waals surface area contributed by atoms with Crippen molar-refractivity contribution in [3.63, 3.8) is 0 Å². The van der Waals surface area contributed by atoms with E-state index < -0.39 is 8.07 Å². The molecule has 0 aromatic heterocycles. The molecular formula is C49H38Si. The predicted molar refractivity (Wildman–Crippen MR) is 221 cm³/mol. The van der Waals surface area contributed by atoms with Gasteiger partial charge in [0.05, 0.1) is 8.07 Å². The van der Waals surface area contributed by atoms with Gasteiger partial charge in [-0.2, -0.15) is 0 Å². The minimum atomic E-state index is -1.54. The van der Waals surface area contributed by atoms with Crippen LogP contribution in [0.2, 0.25) is 19.6 Å². The molecule has 50 heavy (non-hydrogen) atoms. The average Bonchev–Trinajstić information content (AvgIpc) is 3.49. The minimum absolute atomic E-state index is 1.13. The second-order valence-corrected chi connectivity index (χ2v) is 19.6. The third-order valence-corrected chi connectivity index (χ3v) is 12.6. The first-order valence-corrected chi connectivity index (χ1v) is 21.1. The Morgan fingerprint density at radius 2 is 0.860 bits per heavy atom. The molecule has 0 atom stereocenters. The van der Waals surface area contributed by atoms with Crippen LogP contribution in [-0.2, 0) is 0 Å². The van der Waals surface area contributed by atoms with Crippen LogP contribution in [0, 0.1) is 0 Å². The Bertz CT molecular complexity index is 2510. The Labute approximate surface area is 296 Å². The molecule has 0 radical (unpaired) electrons. The van der Waals surface area contributed by atoms with Crippen LogP contribution in [-0.4, -0.2) is 8.07 Å². The summed E-state index contributed by atoms with van der Waals surface area (Å²) < 4.78 is 0. The summed E-state index contributed by atoms with van der Waals surface area (Å²) in [4.78, 5) is 0. The lowest BCUT2D eigenvalue weighted by Gasteiger charge is -2.20. The first kappa shape index (κ1) is 30.3. The smallest absolute Gasteiger partial charge is 0.0776 e. The summed E-state index contributed by atoms with van der Waals surface area (Å²) in [6, 6.07) is 58.8. The van der Waals surface area contributed by atoms with Crippen molar-refractivity contribution in [2.24, 2.45) is 0 Å². The third-order valence-electron chi connectivity index (χ3n) is 10.5. The van der Waals surface area contributed by atoms with Crippen molar-refractivity contribution in [1.82, 2.24) is 0 Å². The van der Waals surface area contributed by atoms with Crippen LogP contribution in [0.25, 0.3) is 94.4 Å². The molecule has 0 spiro atoms. The summed E-state index contributed by atoms with van der Waals surface area (Å²) in [5.74, 6) is 0. The first-order valence-electron chi connectivity index (χ1n) is 17.6. The van der Waals surface area contributed by atoms with E-state index in [-0.39, 0.29) is 0 Å². The fourth-order valence-corrected chi connectivity index (χ4v) is 9.32. The van der Waals surface area contributed by atoms with Crippen LogP contribution >= 0.6 is 0 Å². The molecule has 0 N–H and O–H groups in total. The molecule has 0 bridgehead atoms. The summed E-state index contributed by atoms with van der Waals surface area (Å²) in [5, 5.41) is 6.69. The Hall–Kier alpha value is -5.76. The second kappa shape index (κ2) is 11.7. The standard InChI is InChI=1S/C49H38Si/c1-5-32-23-25-33(26-24-32)38-27-29-42-47-43(30-28-39(46(38)47)36-19-14-20-37(31-36)50(2,3)4)49-45(35-17-10-7-11-18-35)41-22-13-12-21-40(41)44(48(42)49)34-15-8-6-9-16-34/h5-31H,1H2,2-4H3. The van der Waals surface area contributed by atoms with Gasteiger partial charge in [0.2, 0.25) is 0 Å². The van der Waals surface area contributed by atoms with E-state index in [1.165, 1.54) is 93.5 Å². The lowest BCUT2D eigenvalue weighted by Crippen LogP contribution is -2.37. The van der Waals surface area contributed by atoms with Gasteiger partial charge in [0, 0.05) is 0 Å². The van der Waals surface area contributed by atoms with E-state index >= 15 is 0 Å². The molecule has 0 amide bonds. The molecule has 0 unspecified atom stereocenters. The lowest BCUT2D eigenvalue weighted by molar-refractivity contribution is 1.61.